The number of nitrogens with two attached hydrogens (primary N) is 1. The Hall–Kier alpha value is -3.26. The van der Waals surface area contributed by atoms with Crippen LogP contribution in [0.25, 0.3) is 0 Å². The predicted molar refractivity (Wildman–Crippen MR) is 185 cm³/mol. The topological polar surface area (TPSA) is 209 Å². The molecule has 14 heteroatoms. The van der Waals surface area contributed by atoms with E-state index in [0.29, 0.717) is 32.1 Å². The number of rotatable bonds is 10. The molecule has 0 spiro atoms. The maximum absolute atomic E-state index is 14.1. The zero-order valence-electron chi connectivity index (χ0n) is 30.4. The molecule has 5 amide bonds. The lowest BCUT2D eigenvalue weighted by Crippen LogP contribution is -2.62. The first-order chi connectivity index (χ1) is 23.2. The molecule has 49 heavy (non-hydrogen) atoms. The summed E-state index contributed by atoms with van der Waals surface area (Å²) in [7, 11) is 1.55. The van der Waals surface area contributed by atoms with Crippen molar-refractivity contribution in [3.05, 3.63) is 0 Å². The number of unbranched alkanes of at least 4 members (excludes halogenated alkanes) is 3. The van der Waals surface area contributed by atoms with Crippen molar-refractivity contribution in [1.29, 1.82) is 0 Å². The van der Waals surface area contributed by atoms with E-state index >= 15 is 0 Å². The van der Waals surface area contributed by atoms with Crippen LogP contribution in [0.5, 0.6) is 0 Å². The van der Waals surface area contributed by atoms with E-state index in [-0.39, 0.29) is 18.4 Å². The highest BCUT2D eigenvalue weighted by atomic mass is 16.5. The van der Waals surface area contributed by atoms with Gasteiger partial charge in [-0.25, -0.2) is 0 Å². The minimum Gasteiger partial charge on any atom is -0.460 e. The molecule has 2 fully saturated rings. The van der Waals surface area contributed by atoms with Crippen LogP contribution in [0.15, 0.2) is 0 Å². The van der Waals surface area contributed by atoms with Crippen molar-refractivity contribution in [3.63, 3.8) is 0 Å². The highest BCUT2D eigenvalue weighted by Gasteiger charge is 2.39. The van der Waals surface area contributed by atoms with E-state index in [9.17, 15) is 33.9 Å². The van der Waals surface area contributed by atoms with Crippen LogP contribution in [0.1, 0.15) is 112 Å². The van der Waals surface area contributed by atoms with Gasteiger partial charge in [-0.2, -0.15) is 0 Å². The Kier molecular flexibility index (Phi) is 18.0. The second kappa shape index (κ2) is 21.1. The average molecular weight is 695 g/mol. The van der Waals surface area contributed by atoms with Crippen molar-refractivity contribution in [2.75, 3.05) is 20.1 Å². The number of hydrogen-bond acceptors (Lipinski definition) is 9. The molecule has 1 aliphatic carbocycles. The van der Waals surface area contributed by atoms with Crippen LogP contribution in [0.4, 0.5) is 0 Å². The summed E-state index contributed by atoms with van der Waals surface area (Å²) < 4.78 is 5.77. The second-order valence-electron chi connectivity index (χ2n) is 14.2. The molecule has 7 N–H and O–H groups in total. The van der Waals surface area contributed by atoms with Gasteiger partial charge in [0, 0.05) is 13.6 Å². The number of aliphatic hydroxyl groups excluding tert-OH is 1. The van der Waals surface area contributed by atoms with Crippen molar-refractivity contribution < 1.29 is 38.6 Å². The molecule has 0 aromatic heterocycles. The summed E-state index contributed by atoms with van der Waals surface area (Å²) in [5.41, 5.74) is 5.90. The lowest BCUT2D eigenvalue weighted by atomic mass is 9.90. The number of likely N-dealkylation sites (N-methyl/N-ethyl adjacent to an activating group) is 1. The molecule has 1 unspecified atom stereocenters. The van der Waals surface area contributed by atoms with Gasteiger partial charge in [-0.15, -0.1) is 0 Å². The van der Waals surface area contributed by atoms with Gasteiger partial charge in [-0.3, -0.25) is 28.8 Å². The van der Waals surface area contributed by atoms with E-state index in [1.54, 1.807) is 14.0 Å². The van der Waals surface area contributed by atoms with Crippen LogP contribution in [0.2, 0.25) is 0 Å². The van der Waals surface area contributed by atoms with E-state index in [4.69, 9.17) is 10.5 Å². The van der Waals surface area contributed by atoms with Crippen LogP contribution < -0.4 is 27.0 Å². The van der Waals surface area contributed by atoms with E-state index in [2.05, 4.69) is 28.2 Å². The van der Waals surface area contributed by atoms with Crippen molar-refractivity contribution in [1.82, 2.24) is 26.2 Å². The summed E-state index contributed by atoms with van der Waals surface area (Å²) in [5.74, 6) is -4.94. The molecule has 280 valence electrons. The smallest absolute Gasteiger partial charge is 0.325 e. The molecule has 0 aromatic rings. The Bertz CT molecular complexity index is 1110. The number of amides is 5. The lowest BCUT2D eigenvalue weighted by molar-refractivity contribution is -0.157. The number of aliphatic hydroxyl groups is 1. The first-order valence-electron chi connectivity index (χ1n) is 18.2. The quantitative estimate of drug-likeness (QED) is 0.110. The molecule has 0 aromatic carbocycles. The van der Waals surface area contributed by atoms with E-state index in [1.807, 2.05) is 13.8 Å². The summed E-state index contributed by atoms with van der Waals surface area (Å²) in [4.78, 5) is 82.9. The van der Waals surface area contributed by atoms with E-state index in [0.717, 1.165) is 44.9 Å². The van der Waals surface area contributed by atoms with Crippen molar-refractivity contribution >= 4 is 35.5 Å². The summed E-state index contributed by atoms with van der Waals surface area (Å²) in [6.07, 6.45) is 7.21. The Morgan fingerprint density at radius 3 is 2.10 bits per heavy atom. The monoisotopic (exact) mass is 694 g/mol. The molecule has 2 aliphatic rings. The Morgan fingerprint density at radius 2 is 1.53 bits per heavy atom. The maximum Gasteiger partial charge on any atom is 0.325 e. The van der Waals surface area contributed by atoms with Gasteiger partial charge in [-0.05, 0) is 50.9 Å². The molecule has 1 saturated heterocycles. The van der Waals surface area contributed by atoms with E-state index < -0.39 is 84.3 Å². The van der Waals surface area contributed by atoms with Gasteiger partial charge in [0.1, 0.15) is 36.8 Å². The SMILES string of the molecule is CCCCCC[C@H]1OC(=O)CNC(=O)[C@H](C(C)O)NC(=O)[C@H](CN)NC(=O)[C@H](C2CCCCCC2)NC(=O)[C@H](CC(C)C)N(C)C(=O)[C@@H]1C. The number of cyclic esters (lactones) is 1. The standard InChI is InChI=1S/C35H62N6O8/c1-7-8-9-14-17-27-22(4)35(48)41(6)26(18-21(2)3)32(45)40-30(24-15-12-10-11-13-16-24)34(47)38-25(19-36)31(44)39-29(23(5)42)33(46)37-20-28(43)49-27/h21-27,29-30,42H,7-20,36H2,1-6H3,(H,37,46)(H,38,47)(H,39,44)(H,40,45)/t22-,23?,25+,26+,27-,29+,30+/m1/s1. The third kappa shape index (κ3) is 13.2. The van der Waals surface area contributed by atoms with Crippen LogP contribution in [-0.2, 0) is 33.5 Å². The zero-order chi connectivity index (χ0) is 36.7. The Labute approximate surface area is 291 Å². The normalized spacial score (nSPS) is 28.6. The second-order valence-corrected chi connectivity index (χ2v) is 14.2. The maximum atomic E-state index is 14.1. The molecule has 0 radical (unpaired) electrons. The van der Waals surface area contributed by atoms with Gasteiger partial charge in [-0.1, -0.05) is 72.6 Å². The molecule has 1 heterocycles. The van der Waals surface area contributed by atoms with Crippen molar-refractivity contribution in [2.24, 2.45) is 23.5 Å². The summed E-state index contributed by atoms with van der Waals surface area (Å²) in [6, 6.07) is -4.69. The Morgan fingerprint density at radius 1 is 0.878 bits per heavy atom. The van der Waals surface area contributed by atoms with Gasteiger partial charge in [0.15, 0.2) is 0 Å². The number of nitrogens with one attached hydrogen (secondary N) is 4. The summed E-state index contributed by atoms with van der Waals surface area (Å²) in [6.45, 7) is 8.02. The zero-order valence-corrected chi connectivity index (χ0v) is 30.4. The van der Waals surface area contributed by atoms with Crippen LogP contribution in [-0.4, -0.2) is 102 Å². The number of ether oxygens (including phenoxy) is 1. The minimum atomic E-state index is -1.47. The fraction of sp³-hybridized carbons (Fsp3) is 0.829. The van der Waals surface area contributed by atoms with Gasteiger partial charge >= 0.3 is 5.97 Å². The van der Waals surface area contributed by atoms with Crippen LogP contribution >= 0.6 is 0 Å². The fourth-order valence-corrected chi connectivity index (χ4v) is 6.63. The van der Waals surface area contributed by atoms with Crippen molar-refractivity contribution in [2.45, 2.75) is 148 Å². The molecule has 2 rings (SSSR count). The van der Waals surface area contributed by atoms with Gasteiger partial charge < -0.3 is 41.7 Å². The highest BCUT2D eigenvalue weighted by molar-refractivity contribution is 5.96. The van der Waals surface area contributed by atoms with Crippen LogP contribution in [0.3, 0.4) is 0 Å². The lowest BCUT2D eigenvalue weighted by Gasteiger charge is -2.35. The molecule has 14 nitrogen and oxygen atoms in total. The minimum absolute atomic E-state index is 0.0199. The number of hydrogen-bond donors (Lipinski definition) is 6. The highest BCUT2D eigenvalue weighted by Crippen LogP contribution is 2.27. The van der Waals surface area contributed by atoms with Gasteiger partial charge in [0.25, 0.3) is 0 Å². The van der Waals surface area contributed by atoms with Gasteiger partial charge in [0.2, 0.25) is 29.5 Å². The number of carbonyl (C=O) groups is 6. The average Bonchev–Trinajstić information content (AvgIpc) is 3.35. The van der Waals surface area contributed by atoms with E-state index in [1.165, 1.54) is 11.8 Å². The summed E-state index contributed by atoms with van der Waals surface area (Å²) in [5, 5.41) is 20.8. The molecule has 7 atom stereocenters. The van der Waals surface area contributed by atoms with Crippen LogP contribution in [0, 0.1) is 17.8 Å². The molecular weight excluding hydrogens is 632 g/mol. The molecule has 1 saturated carbocycles. The number of nitrogens with zero attached hydrogens (tertiary/aromatic N) is 1. The molecular formula is C35H62N6O8. The summed E-state index contributed by atoms with van der Waals surface area (Å²) >= 11 is 0. The first-order valence-corrected chi connectivity index (χ1v) is 18.2. The molecule has 1 aliphatic heterocycles. The Balaban J connectivity index is 2.58. The largest absolute Gasteiger partial charge is 0.460 e. The number of carbonyl (C=O) groups excluding carboxylic acids is 6. The third-order valence-electron chi connectivity index (χ3n) is 9.67. The fourth-order valence-electron chi connectivity index (χ4n) is 6.63. The third-order valence-corrected chi connectivity index (χ3v) is 9.67. The van der Waals surface area contributed by atoms with Crippen molar-refractivity contribution in [3.8, 4) is 0 Å². The predicted octanol–water partition coefficient (Wildman–Crippen LogP) is 1.27. The first kappa shape index (κ1) is 41.9. The number of esters is 1. The van der Waals surface area contributed by atoms with Gasteiger partial charge in [0.05, 0.1) is 12.0 Å². The molecule has 0 bridgehead atoms.